The fourth-order valence-corrected chi connectivity index (χ4v) is 5.02. The van der Waals surface area contributed by atoms with Gasteiger partial charge in [0.1, 0.15) is 24.5 Å². The summed E-state index contributed by atoms with van der Waals surface area (Å²) in [6.07, 6.45) is 1.84. The largest absolute Gasteiger partial charge is 0.481 e. The van der Waals surface area contributed by atoms with E-state index in [0.29, 0.717) is 97.1 Å². The third-order valence-electron chi connectivity index (χ3n) is 8.13. The number of rotatable bonds is 42. The fourth-order valence-electron chi connectivity index (χ4n) is 5.02. The number of imide groups is 1. The van der Waals surface area contributed by atoms with Gasteiger partial charge in [0.2, 0.25) is 23.6 Å². The standard InChI is InChI=1S/C41H68N6O19/c1-41(2,3)66-39(56)7-4-32(46-35(51)29-47-36(52)5-6-37(47)53)40(57)45-31(30-48)26-42-27-33(49)44-28-34(50)43-9-11-59-13-15-61-17-19-63-21-23-65-25-24-64-22-20-62-18-16-60-14-12-58-10-8-38(54)55/h5-6,30-32,42H,4,7-29H2,1-3H3,(H,43,50)(H,44,49)(H,45,57)(H,46,51)(H,54,55)/t31?,32-/m0/s1. The zero-order valence-corrected chi connectivity index (χ0v) is 38.1. The summed E-state index contributed by atoms with van der Waals surface area (Å²) >= 11 is 0. The summed E-state index contributed by atoms with van der Waals surface area (Å²) < 4.78 is 48.2. The van der Waals surface area contributed by atoms with Crippen LogP contribution in [-0.4, -0.2) is 220 Å². The molecule has 25 nitrogen and oxygen atoms in total. The molecule has 25 heteroatoms. The zero-order valence-electron chi connectivity index (χ0n) is 38.1. The van der Waals surface area contributed by atoms with Crippen molar-refractivity contribution in [3.05, 3.63) is 12.2 Å². The number of esters is 1. The Labute approximate surface area is 383 Å². The van der Waals surface area contributed by atoms with Crippen LogP contribution in [0.5, 0.6) is 0 Å². The normalized spacial score (nSPS) is 13.3. The maximum atomic E-state index is 13.1. The number of nitrogens with zero attached hydrogens (tertiary/aromatic N) is 1. The van der Waals surface area contributed by atoms with Crippen molar-refractivity contribution >= 4 is 53.7 Å². The topological polar surface area (TPSA) is 320 Å². The summed E-state index contributed by atoms with van der Waals surface area (Å²) in [6.45, 7) is 9.33. The number of nitrogens with one attached hydrogen (secondary N) is 5. The fraction of sp³-hybridized carbons (Fsp3) is 0.732. The van der Waals surface area contributed by atoms with Crippen LogP contribution in [0.1, 0.15) is 40.0 Å². The Hall–Kier alpha value is -4.99. The SMILES string of the molecule is CC(C)(C)OC(=O)CC[C@H](NC(=O)CN1C(=O)C=CC1=O)C(=O)NC(C=O)CNCC(=O)NCC(=O)NCCOCCOCCOCCOCCOCCOCCOCCOCCC(=O)O. The number of hydrogen-bond donors (Lipinski definition) is 6. The summed E-state index contributed by atoms with van der Waals surface area (Å²) in [5, 5.41) is 21.0. The van der Waals surface area contributed by atoms with E-state index in [0.717, 1.165) is 12.2 Å². The van der Waals surface area contributed by atoms with Crippen molar-refractivity contribution in [1.82, 2.24) is 31.5 Å². The maximum Gasteiger partial charge on any atom is 0.306 e. The monoisotopic (exact) mass is 948 g/mol. The van der Waals surface area contributed by atoms with E-state index in [9.17, 15) is 43.2 Å². The summed E-state index contributed by atoms with van der Waals surface area (Å²) in [7, 11) is 0. The highest BCUT2D eigenvalue weighted by Crippen LogP contribution is 2.11. The molecule has 0 radical (unpaired) electrons. The predicted octanol–water partition coefficient (Wildman–Crippen LogP) is -3.37. The number of amides is 6. The Bertz CT molecular complexity index is 1490. The van der Waals surface area contributed by atoms with Gasteiger partial charge < -0.3 is 79.1 Å². The lowest BCUT2D eigenvalue weighted by Crippen LogP contribution is -2.54. The first-order chi connectivity index (χ1) is 31.6. The molecule has 1 aliphatic heterocycles. The third kappa shape index (κ3) is 33.5. The Morgan fingerprint density at radius 1 is 0.621 bits per heavy atom. The van der Waals surface area contributed by atoms with E-state index in [1.54, 1.807) is 20.8 Å². The van der Waals surface area contributed by atoms with Gasteiger partial charge in [-0.1, -0.05) is 0 Å². The molecule has 0 aromatic carbocycles. The summed E-state index contributed by atoms with van der Waals surface area (Å²) in [5.41, 5.74) is -0.807. The Morgan fingerprint density at radius 2 is 1.08 bits per heavy atom. The summed E-state index contributed by atoms with van der Waals surface area (Å²) in [5.74, 6) is -5.72. The van der Waals surface area contributed by atoms with Crippen LogP contribution < -0.4 is 26.6 Å². The van der Waals surface area contributed by atoms with E-state index in [-0.39, 0.29) is 65.3 Å². The average molecular weight is 949 g/mol. The van der Waals surface area contributed by atoms with Crippen LogP contribution in [0.25, 0.3) is 0 Å². The van der Waals surface area contributed by atoms with Crippen molar-refractivity contribution in [2.45, 2.75) is 57.7 Å². The van der Waals surface area contributed by atoms with Crippen molar-refractivity contribution < 1.29 is 90.9 Å². The molecule has 66 heavy (non-hydrogen) atoms. The van der Waals surface area contributed by atoms with E-state index in [4.69, 9.17) is 47.7 Å². The Kier molecular flexibility index (Phi) is 33.2. The van der Waals surface area contributed by atoms with E-state index < -0.39 is 71.6 Å². The smallest absolute Gasteiger partial charge is 0.306 e. The number of aldehydes is 1. The second-order valence-corrected chi connectivity index (χ2v) is 14.9. The minimum absolute atomic E-state index is 0.0324. The van der Waals surface area contributed by atoms with Crippen LogP contribution in [0, 0.1) is 0 Å². The maximum absolute atomic E-state index is 13.1. The van der Waals surface area contributed by atoms with Crippen LogP contribution in [0.3, 0.4) is 0 Å². The molecular weight excluding hydrogens is 880 g/mol. The molecule has 0 spiro atoms. The highest BCUT2D eigenvalue weighted by molar-refractivity contribution is 6.14. The Morgan fingerprint density at radius 3 is 1.53 bits per heavy atom. The zero-order chi connectivity index (χ0) is 48.8. The van der Waals surface area contributed by atoms with E-state index in [1.165, 1.54) is 0 Å². The number of ether oxygens (including phenoxy) is 9. The molecule has 0 saturated heterocycles. The minimum atomic E-state index is -1.35. The summed E-state index contributed by atoms with van der Waals surface area (Å²) in [6, 6.07) is -2.52. The van der Waals surface area contributed by atoms with Gasteiger partial charge in [0.25, 0.3) is 11.8 Å². The van der Waals surface area contributed by atoms with Crippen molar-refractivity contribution in [2.24, 2.45) is 0 Å². The molecule has 6 N–H and O–H groups in total. The predicted molar refractivity (Wildman–Crippen MR) is 229 cm³/mol. The van der Waals surface area contributed by atoms with Gasteiger partial charge in [0, 0.05) is 31.7 Å². The van der Waals surface area contributed by atoms with Crippen LogP contribution >= 0.6 is 0 Å². The van der Waals surface area contributed by atoms with Gasteiger partial charge in [-0.2, -0.15) is 0 Å². The average Bonchev–Trinajstić information content (AvgIpc) is 3.57. The molecule has 0 bridgehead atoms. The minimum Gasteiger partial charge on any atom is -0.481 e. The molecule has 1 aliphatic rings. The van der Waals surface area contributed by atoms with Crippen LogP contribution in [0.4, 0.5) is 0 Å². The molecule has 1 heterocycles. The van der Waals surface area contributed by atoms with Crippen molar-refractivity contribution in [3.8, 4) is 0 Å². The van der Waals surface area contributed by atoms with Crippen LogP contribution in [-0.2, 0) is 85.8 Å². The molecule has 1 unspecified atom stereocenters. The van der Waals surface area contributed by atoms with Gasteiger partial charge in [0.05, 0.1) is 131 Å². The molecular formula is C41H68N6O19. The lowest BCUT2D eigenvalue weighted by molar-refractivity contribution is -0.155. The number of hydrogen-bond acceptors (Lipinski definition) is 19. The molecule has 2 atom stereocenters. The van der Waals surface area contributed by atoms with Crippen molar-refractivity contribution in [3.63, 3.8) is 0 Å². The molecule has 1 rings (SSSR count). The van der Waals surface area contributed by atoms with Crippen LogP contribution in [0.2, 0.25) is 0 Å². The van der Waals surface area contributed by atoms with Gasteiger partial charge >= 0.3 is 11.9 Å². The molecule has 0 fully saturated rings. The molecule has 0 saturated carbocycles. The van der Waals surface area contributed by atoms with Gasteiger partial charge in [-0.15, -0.1) is 0 Å². The molecule has 0 aliphatic carbocycles. The highest BCUT2D eigenvalue weighted by Gasteiger charge is 2.30. The second-order valence-electron chi connectivity index (χ2n) is 14.9. The van der Waals surface area contributed by atoms with Gasteiger partial charge in [-0.05, 0) is 27.2 Å². The first kappa shape index (κ1) is 59.0. The number of carboxylic acids is 1. The molecule has 6 amide bonds. The third-order valence-corrected chi connectivity index (χ3v) is 8.13. The number of aliphatic carboxylic acids is 1. The van der Waals surface area contributed by atoms with Gasteiger partial charge in [0.15, 0.2) is 0 Å². The van der Waals surface area contributed by atoms with Crippen LogP contribution in [0.15, 0.2) is 12.2 Å². The summed E-state index contributed by atoms with van der Waals surface area (Å²) in [4.78, 5) is 109. The first-order valence-corrected chi connectivity index (χ1v) is 21.5. The quantitative estimate of drug-likeness (QED) is 0.0151. The molecule has 0 aromatic heterocycles. The van der Waals surface area contributed by atoms with Gasteiger partial charge in [-0.25, -0.2) is 0 Å². The van der Waals surface area contributed by atoms with E-state index >= 15 is 0 Å². The first-order valence-electron chi connectivity index (χ1n) is 21.5. The number of carbonyl (C=O) groups excluding carboxylic acids is 8. The van der Waals surface area contributed by atoms with E-state index in [2.05, 4.69) is 26.6 Å². The second kappa shape index (κ2) is 37.1. The lowest BCUT2D eigenvalue weighted by Gasteiger charge is -2.23. The molecule has 376 valence electrons. The van der Waals surface area contributed by atoms with Crippen molar-refractivity contribution in [1.29, 1.82) is 0 Å². The molecule has 0 aromatic rings. The van der Waals surface area contributed by atoms with Crippen molar-refractivity contribution in [2.75, 3.05) is 138 Å². The van der Waals surface area contributed by atoms with Gasteiger partial charge in [-0.3, -0.25) is 43.3 Å². The number of carbonyl (C=O) groups is 9. The number of carboxylic acid groups (broad SMARTS) is 1. The van der Waals surface area contributed by atoms with E-state index in [1.807, 2.05) is 0 Å². The Balaban J connectivity index is 2.07. The lowest BCUT2D eigenvalue weighted by atomic mass is 10.1. The highest BCUT2D eigenvalue weighted by atomic mass is 16.6.